The fourth-order valence-corrected chi connectivity index (χ4v) is 2.16. The highest BCUT2D eigenvalue weighted by molar-refractivity contribution is 5.80. The lowest BCUT2D eigenvalue weighted by Gasteiger charge is -2.13. The molecule has 2 aromatic heterocycles. The van der Waals surface area contributed by atoms with Gasteiger partial charge in [-0.1, -0.05) is 12.1 Å². The number of nitrogen functional groups attached to an aromatic ring is 1. The molecule has 0 saturated heterocycles. The Kier molecular flexibility index (Phi) is 4.42. The number of nitrogens with two attached hydrogens (primary N) is 1. The highest BCUT2D eigenvalue weighted by Crippen LogP contribution is 2.29. The summed E-state index contributed by atoms with van der Waals surface area (Å²) in [6.07, 6.45) is 3.15. The molecule has 7 nitrogen and oxygen atoms in total. The van der Waals surface area contributed by atoms with Crippen LogP contribution in [-0.4, -0.2) is 22.1 Å². The number of methoxy groups -OCH3 is 1. The van der Waals surface area contributed by atoms with E-state index in [1.165, 1.54) is 6.33 Å². The van der Waals surface area contributed by atoms with E-state index in [0.29, 0.717) is 23.1 Å². The average molecular weight is 322 g/mol. The quantitative estimate of drug-likeness (QED) is 0.663. The van der Waals surface area contributed by atoms with Crippen LogP contribution in [0.3, 0.4) is 0 Å². The second-order valence-electron chi connectivity index (χ2n) is 5.14. The summed E-state index contributed by atoms with van der Waals surface area (Å²) in [6, 6.07) is 11.3. The third-order valence-corrected chi connectivity index (χ3v) is 3.46. The molecular formula is C17H18N6O. The Balaban J connectivity index is 1.86. The summed E-state index contributed by atoms with van der Waals surface area (Å²) in [5.74, 6) is 2.46. The lowest BCUT2D eigenvalue weighted by molar-refractivity contribution is 0.415. The third-order valence-electron chi connectivity index (χ3n) is 3.46. The monoisotopic (exact) mass is 322 g/mol. The van der Waals surface area contributed by atoms with Crippen molar-refractivity contribution in [2.45, 2.75) is 6.92 Å². The second-order valence-corrected chi connectivity index (χ2v) is 5.14. The molecule has 3 rings (SSSR count). The van der Waals surface area contributed by atoms with E-state index in [9.17, 15) is 0 Å². The summed E-state index contributed by atoms with van der Waals surface area (Å²) < 4.78 is 5.21. The number of hydrogen-bond acceptors (Lipinski definition) is 7. The molecule has 0 bridgehead atoms. The predicted octanol–water partition coefficient (Wildman–Crippen LogP) is 3.26. The smallest absolute Gasteiger partial charge is 0.160 e. The number of nitrogens with zero attached hydrogens (tertiary/aromatic N) is 3. The van der Waals surface area contributed by atoms with Gasteiger partial charge in [-0.2, -0.15) is 0 Å². The number of anilines is 5. The van der Waals surface area contributed by atoms with Crippen molar-refractivity contribution >= 4 is 28.8 Å². The summed E-state index contributed by atoms with van der Waals surface area (Å²) in [4.78, 5) is 12.7. The van der Waals surface area contributed by atoms with Gasteiger partial charge in [0.2, 0.25) is 0 Å². The number of nitrogens with one attached hydrogen (secondary N) is 2. The molecule has 0 unspecified atom stereocenters. The van der Waals surface area contributed by atoms with Gasteiger partial charge in [0.15, 0.2) is 11.6 Å². The van der Waals surface area contributed by atoms with Gasteiger partial charge in [-0.25, -0.2) is 15.0 Å². The van der Waals surface area contributed by atoms with Crippen LogP contribution in [0.2, 0.25) is 0 Å². The molecule has 0 saturated carbocycles. The Morgan fingerprint density at radius 3 is 2.50 bits per heavy atom. The number of pyridine rings is 1. The Morgan fingerprint density at radius 2 is 1.75 bits per heavy atom. The molecule has 0 amide bonds. The Hall–Kier alpha value is -3.35. The molecule has 0 spiro atoms. The number of hydrogen-bond donors (Lipinski definition) is 3. The summed E-state index contributed by atoms with van der Waals surface area (Å²) >= 11 is 0. The van der Waals surface area contributed by atoms with Crippen LogP contribution in [0.25, 0.3) is 0 Å². The second kappa shape index (κ2) is 6.82. The molecule has 24 heavy (non-hydrogen) atoms. The average Bonchev–Trinajstić information content (AvgIpc) is 2.60. The number of ether oxygens (including phenoxy) is 1. The summed E-state index contributed by atoms with van der Waals surface area (Å²) in [7, 11) is 1.62. The molecule has 2 heterocycles. The summed E-state index contributed by atoms with van der Waals surface area (Å²) in [5, 5.41) is 6.31. The molecule has 3 aromatic rings. The van der Waals surface area contributed by atoms with Crippen molar-refractivity contribution in [1.29, 1.82) is 0 Å². The van der Waals surface area contributed by atoms with Crippen LogP contribution in [0.15, 0.2) is 48.9 Å². The van der Waals surface area contributed by atoms with E-state index >= 15 is 0 Å². The molecule has 7 heteroatoms. The van der Waals surface area contributed by atoms with Crippen molar-refractivity contribution in [3.63, 3.8) is 0 Å². The molecule has 0 atom stereocenters. The zero-order valence-corrected chi connectivity index (χ0v) is 13.4. The molecule has 4 N–H and O–H groups in total. The first-order valence-corrected chi connectivity index (χ1v) is 7.37. The van der Waals surface area contributed by atoms with Gasteiger partial charge < -0.3 is 21.1 Å². The fourth-order valence-electron chi connectivity index (χ4n) is 2.16. The molecule has 122 valence electrons. The number of aromatic nitrogens is 3. The molecule has 0 aliphatic carbocycles. The maximum atomic E-state index is 6.19. The minimum absolute atomic E-state index is 0.408. The van der Waals surface area contributed by atoms with Gasteiger partial charge in [0.25, 0.3) is 0 Å². The molecule has 0 fully saturated rings. The maximum Gasteiger partial charge on any atom is 0.160 e. The number of rotatable bonds is 5. The first kappa shape index (κ1) is 15.5. The molecule has 0 aliphatic heterocycles. The van der Waals surface area contributed by atoms with E-state index in [-0.39, 0.29) is 0 Å². The van der Waals surface area contributed by atoms with Crippen LogP contribution in [-0.2, 0) is 0 Å². The van der Waals surface area contributed by atoms with Gasteiger partial charge in [0, 0.05) is 18.0 Å². The number of aryl methyl sites for hydroxylation is 1. The van der Waals surface area contributed by atoms with Crippen molar-refractivity contribution in [2.24, 2.45) is 0 Å². The van der Waals surface area contributed by atoms with Gasteiger partial charge in [-0.3, -0.25) is 0 Å². The van der Waals surface area contributed by atoms with E-state index < -0.39 is 0 Å². The van der Waals surface area contributed by atoms with Gasteiger partial charge in [-0.05, 0) is 30.7 Å². The van der Waals surface area contributed by atoms with Crippen LogP contribution in [0.1, 0.15) is 5.56 Å². The minimum atomic E-state index is 0.408. The first-order chi connectivity index (χ1) is 11.7. The third kappa shape index (κ3) is 3.35. The van der Waals surface area contributed by atoms with Crippen LogP contribution < -0.4 is 21.1 Å². The Bertz CT molecular complexity index is 852. The van der Waals surface area contributed by atoms with E-state index in [1.807, 2.05) is 43.3 Å². The van der Waals surface area contributed by atoms with E-state index in [0.717, 1.165) is 17.0 Å². The molecular weight excluding hydrogens is 304 g/mol. The van der Waals surface area contributed by atoms with Gasteiger partial charge in [-0.15, -0.1) is 0 Å². The zero-order valence-electron chi connectivity index (χ0n) is 13.4. The topological polar surface area (TPSA) is 98.0 Å². The lowest BCUT2D eigenvalue weighted by atomic mass is 10.3. The largest absolute Gasteiger partial charge is 0.497 e. The van der Waals surface area contributed by atoms with Crippen molar-refractivity contribution in [3.05, 3.63) is 54.5 Å². The summed E-state index contributed by atoms with van der Waals surface area (Å²) in [6.45, 7) is 1.96. The first-order valence-electron chi connectivity index (χ1n) is 7.37. The highest BCUT2D eigenvalue weighted by atomic mass is 16.5. The van der Waals surface area contributed by atoms with Gasteiger partial charge in [0.1, 0.15) is 23.6 Å². The van der Waals surface area contributed by atoms with E-state index in [1.54, 1.807) is 13.3 Å². The molecule has 0 radical (unpaired) electrons. The van der Waals surface area contributed by atoms with Gasteiger partial charge in [0.05, 0.1) is 7.11 Å². The fraction of sp³-hybridized carbons (Fsp3) is 0.118. The predicted molar refractivity (Wildman–Crippen MR) is 95.0 cm³/mol. The maximum absolute atomic E-state index is 6.19. The van der Waals surface area contributed by atoms with Crippen LogP contribution in [0.4, 0.5) is 28.8 Å². The minimum Gasteiger partial charge on any atom is -0.497 e. The van der Waals surface area contributed by atoms with Crippen LogP contribution in [0, 0.1) is 6.92 Å². The highest BCUT2D eigenvalue weighted by Gasteiger charge is 2.10. The normalized spacial score (nSPS) is 10.2. The van der Waals surface area contributed by atoms with Crippen molar-refractivity contribution in [2.75, 3.05) is 23.5 Å². The Labute approximate surface area is 139 Å². The molecule has 1 aromatic carbocycles. The van der Waals surface area contributed by atoms with E-state index in [4.69, 9.17) is 10.5 Å². The molecule has 0 aliphatic rings. The van der Waals surface area contributed by atoms with Crippen molar-refractivity contribution in [3.8, 4) is 5.75 Å². The summed E-state index contributed by atoms with van der Waals surface area (Å²) in [5.41, 5.74) is 8.42. The van der Waals surface area contributed by atoms with Gasteiger partial charge >= 0.3 is 0 Å². The lowest BCUT2D eigenvalue weighted by Crippen LogP contribution is -2.06. The Morgan fingerprint density at radius 1 is 0.958 bits per heavy atom. The van der Waals surface area contributed by atoms with Crippen LogP contribution in [0.5, 0.6) is 5.75 Å². The van der Waals surface area contributed by atoms with Crippen LogP contribution >= 0.6 is 0 Å². The SMILES string of the molecule is COc1cccc(Nc2ncnc(Nc3ncccc3C)c2N)c1. The van der Waals surface area contributed by atoms with E-state index in [2.05, 4.69) is 25.6 Å². The standard InChI is InChI=1S/C17H18N6O/c1-11-5-4-8-19-15(11)23-17-14(18)16(20-10-21-17)22-12-6-3-7-13(9-12)24-2/h3-10H,18H2,1-2H3,(H2,19,20,21,22,23). The van der Waals surface area contributed by atoms with Crippen molar-refractivity contribution in [1.82, 2.24) is 15.0 Å². The number of benzene rings is 1. The zero-order chi connectivity index (χ0) is 16.9. The van der Waals surface area contributed by atoms with Crippen molar-refractivity contribution < 1.29 is 4.74 Å².